The summed E-state index contributed by atoms with van der Waals surface area (Å²) >= 11 is 0. The molecule has 5 heteroatoms. The van der Waals surface area contributed by atoms with Crippen LogP contribution in [-0.2, 0) is 4.79 Å². The molecule has 2 unspecified atom stereocenters. The van der Waals surface area contributed by atoms with Crippen molar-refractivity contribution < 1.29 is 9.90 Å². The van der Waals surface area contributed by atoms with Crippen LogP contribution < -0.4 is 5.32 Å². The van der Waals surface area contributed by atoms with Crippen LogP contribution in [0.5, 0.6) is 0 Å². The van der Waals surface area contributed by atoms with Crippen molar-refractivity contribution in [2.24, 2.45) is 0 Å². The van der Waals surface area contributed by atoms with Gasteiger partial charge in [0.1, 0.15) is 0 Å². The van der Waals surface area contributed by atoms with Gasteiger partial charge in [-0.1, -0.05) is 0 Å². The van der Waals surface area contributed by atoms with E-state index in [0.717, 1.165) is 32.2 Å². The van der Waals surface area contributed by atoms with Gasteiger partial charge in [-0.2, -0.15) is 0 Å². The van der Waals surface area contributed by atoms with Crippen molar-refractivity contribution in [2.75, 3.05) is 32.7 Å². The van der Waals surface area contributed by atoms with Gasteiger partial charge < -0.3 is 15.3 Å². The maximum Gasteiger partial charge on any atom is 0.239 e. The van der Waals surface area contributed by atoms with Crippen molar-refractivity contribution in [2.45, 2.75) is 37.5 Å². The number of β-amino-alcohol motifs (C(OH)–C–C–N with tert-alkyl or cyclic N) is 1. The van der Waals surface area contributed by atoms with E-state index in [9.17, 15) is 9.90 Å². The molecule has 96 valence electrons. The zero-order valence-corrected chi connectivity index (χ0v) is 10.1. The third kappa shape index (κ3) is 2.46. The highest BCUT2D eigenvalue weighted by Gasteiger charge is 2.35. The van der Waals surface area contributed by atoms with Gasteiger partial charge >= 0.3 is 0 Å². The molecule has 0 bridgehead atoms. The smallest absolute Gasteiger partial charge is 0.239 e. The Morgan fingerprint density at radius 3 is 2.41 bits per heavy atom. The van der Waals surface area contributed by atoms with Crippen LogP contribution in [0.3, 0.4) is 0 Å². The number of hydrogen-bond donors (Lipinski definition) is 2. The van der Waals surface area contributed by atoms with Gasteiger partial charge in [-0.3, -0.25) is 9.69 Å². The predicted octanol–water partition coefficient (Wildman–Crippen LogP) is -0.984. The Morgan fingerprint density at radius 1 is 1.18 bits per heavy atom. The van der Waals surface area contributed by atoms with Crippen molar-refractivity contribution >= 4 is 5.91 Å². The molecule has 3 rings (SSSR count). The predicted molar refractivity (Wildman–Crippen MR) is 63.6 cm³/mol. The molecule has 0 aromatic rings. The summed E-state index contributed by atoms with van der Waals surface area (Å²) in [6.07, 6.45) is 2.90. The van der Waals surface area contributed by atoms with Crippen LogP contribution in [-0.4, -0.2) is 71.7 Å². The Hall–Kier alpha value is -0.650. The third-order valence-corrected chi connectivity index (χ3v) is 4.09. The molecule has 2 N–H and O–H groups in total. The quantitative estimate of drug-likeness (QED) is 0.650. The number of carbonyl (C=O) groups is 1. The van der Waals surface area contributed by atoms with Gasteiger partial charge in [-0.05, 0) is 19.3 Å². The van der Waals surface area contributed by atoms with E-state index in [2.05, 4.69) is 10.2 Å². The average Bonchev–Trinajstić information content (AvgIpc) is 3.11. The minimum absolute atomic E-state index is 0.155. The molecule has 0 aromatic heterocycles. The molecular formula is C12H21N3O2. The zero-order chi connectivity index (χ0) is 11.8. The van der Waals surface area contributed by atoms with Crippen molar-refractivity contribution in [1.29, 1.82) is 0 Å². The van der Waals surface area contributed by atoms with E-state index < -0.39 is 0 Å². The Bertz CT molecular complexity index is 298. The van der Waals surface area contributed by atoms with Crippen molar-refractivity contribution in [1.82, 2.24) is 15.1 Å². The standard InChI is InChI=1S/C12H21N3O2/c16-10-7-11(13-8-10)12(17)15-5-3-14(4-6-15)9-1-2-9/h9-11,13,16H,1-8H2. The lowest BCUT2D eigenvalue weighted by molar-refractivity contribution is -0.135. The summed E-state index contributed by atoms with van der Waals surface area (Å²) in [4.78, 5) is 16.6. The fourth-order valence-electron chi connectivity index (χ4n) is 2.87. The molecule has 2 saturated heterocycles. The van der Waals surface area contributed by atoms with Crippen LogP contribution >= 0.6 is 0 Å². The Balaban J connectivity index is 1.50. The molecule has 2 heterocycles. The van der Waals surface area contributed by atoms with Gasteiger partial charge in [0.2, 0.25) is 5.91 Å². The third-order valence-electron chi connectivity index (χ3n) is 4.09. The molecule has 1 saturated carbocycles. The first-order chi connectivity index (χ1) is 8.24. The largest absolute Gasteiger partial charge is 0.392 e. The van der Waals surface area contributed by atoms with Crippen LogP contribution in [0, 0.1) is 0 Å². The maximum atomic E-state index is 12.2. The van der Waals surface area contributed by atoms with Crippen molar-refractivity contribution in [3.63, 3.8) is 0 Å². The molecule has 0 aromatic carbocycles. The number of nitrogens with zero attached hydrogens (tertiary/aromatic N) is 2. The summed E-state index contributed by atoms with van der Waals surface area (Å²) in [7, 11) is 0. The first kappa shape index (κ1) is 11.4. The highest BCUT2D eigenvalue weighted by Crippen LogP contribution is 2.27. The number of aliphatic hydroxyl groups is 1. The topological polar surface area (TPSA) is 55.8 Å². The molecular weight excluding hydrogens is 218 g/mol. The molecule has 17 heavy (non-hydrogen) atoms. The van der Waals surface area contributed by atoms with E-state index in [1.54, 1.807) is 0 Å². The number of piperazine rings is 1. The molecule has 0 spiro atoms. The summed E-state index contributed by atoms with van der Waals surface area (Å²) in [6.45, 7) is 4.29. The summed E-state index contributed by atoms with van der Waals surface area (Å²) in [5, 5.41) is 12.5. The fourth-order valence-corrected chi connectivity index (χ4v) is 2.87. The highest BCUT2D eigenvalue weighted by molar-refractivity contribution is 5.82. The molecule has 2 aliphatic heterocycles. The number of amides is 1. The SMILES string of the molecule is O=C(C1CC(O)CN1)N1CCN(C2CC2)CC1. The highest BCUT2D eigenvalue weighted by atomic mass is 16.3. The molecule has 0 radical (unpaired) electrons. The van der Waals surface area contributed by atoms with Gasteiger partial charge in [0.25, 0.3) is 0 Å². The van der Waals surface area contributed by atoms with Crippen LogP contribution in [0.15, 0.2) is 0 Å². The van der Waals surface area contributed by atoms with Gasteiger partial charge in [0, 0.05) is 38.8 Å². The van der Waals surface area contributed by atoms with Crippen LogP contribution in [0.1, 0.15) is 19.3 Å². The zero-order valence-electron chi connectivity index (χ0n) is 10.1. The van der Waals surface area contributed by atoms with Gasteiger partial charge in [-0.25, -0.2) is 0 Å². The van der Waals surface area contributed by atoms with Crippen molar-refractivity contribution in [3.8, 4) is 0 Å². The maximum absolute atomic E-state index is 12.2. The average molecular weight is 239 g/mol. The second-order valence-electron chi connectivity index (χ2n) is 5.44. The van der Waals surface area contributed by atoms with E-state index in [4.69, 9.17) is 0 Å². The molecule has 1 aliphatic carbocycles. The lowest BCUT2D eigenvalue weighted by Crippen LogP contribution is -2.53. The first-order valence-corrected chi connectivity index (χ1v) is 6.68. The first-order valence-electron chi connectivity index (χ1n) is 6.68. The lowest BCUT2D eigenvalue weighted by Gasteiger charge is -2.36. The number of rotatable bonds is 2. The minimum atomic E-state index is -0.350. The molecule has 2 atom stereocenters. The molecule has 5 nitrogen and oxygen atoms in total. The van der Waals surface area contributed by atoms with E-state index in [-0.39, 0.29) is 18.1 Å². The Kier molecular flexibility index (Phi) is 3.06. The molecule has 3 fully saturated rings. The summed E-state index contributed by atoms with van der Waals surface area (Å²) in [6, 6.07) is 0.649. The number of hydrogen-bond acceptors (Lipinski definition) is 4. The van der Waals surface area contributed by atoms with Crippen LogP contribution in [0.25, 0.3) is 0 Å². The second-order valence-corrected chi connectivity index (χ2v) is 5.44. The van der Waals surface area contributed by atoms with Gasteiger partial charge in [-0.15, -0.1) is 0 Å². The van der Waals surface area contributed by atoms with E-state index in [0.29, 0.717) is 13.0 Å². The number of aliphatic hydroxyl groups excluding tert-OH is 1. The van der Waals surface area contributed by atoms with Gasteiger partial charge in [0.15, 0.2) is 0 Å². The Labute approximate surface area is 102 Å². The molecule has 3 aliphatic rings. The monoisotopic (exact) mass is 239 g/mol. The number of nitrogens with one attached hydrogen (secondary N) is 1. The van der Waals surface area contributed by atoms with E-state index >= 15 is 0 Å². The van der Waals surface area contributed by atoms with Gasteiger partial charge in [0.05, 0.1) is 12.1 Å². The van der Waals surface area contributed by atoms with E-state index in [1.165, 1.54) is 12.8 Å². The van der Waals surface area contributed by atoms with Crippen molar-refractivity contribution in [3.05, 3.63) is 0 Å². The van der Waals surface area contributed by atoms with Crippen LogP contribution in [0.2, 0.25) is 0 Å². The summed E-state index contributed by atoms with van der Waals surface area (Å²) in [5.41, 5.74) is 0. The fraction of sp³-hybridized carbons (Fsp3) is 0.917. The minimum Gasteiger partial charge on any atom is -0.392 e. The van der Waals surface area contributed by atoms with E-state index in [1.807, 2.05) is 4.90 Å². The number of carbonyl (C=O) groups excluding carboxylic acids is 1. The lowest BCUT2D eigenvalue weighted by atomic mass is 10.1. The Morgan fingerprint density at radius 2 is 1.88 bits per heavy atom. The van der Waals surface area contributed by atoms with Crippen LogP contribution in [0.4, 0.5) is 0 Å². The normalized spacial score (nSPS) is 35.2. The summed E-state index contributed by atoms with van der Waals surface area (Å²) < 4.78 is 0. The molecule has 1 amide bonds. The second kappa shape index (κ2) is 4.55. The summed E-state index contributed by atoms with van der Waals surface area (Å²) in [5.74, 6) is 0.178.